The summed E-state index contributed by atoms with van der Waals surface area (Å²) in [5, 5.41) is 16.8. The summed E-state index contributed by atoms with van der Waals surface area (Å²) in [4.78, 5) is 2.16. The van der Waals surface area contributed by atoms with Crippen LogP contribution in [0.1, 0.15) is 11.1 Å². The molecule has 4 nitrogen and oxygen atoms in total. The quantitative estimate of drug-likeness (QED) is 0.869. The average Bonchev–Trinajstić information content (AvgIpc) is 2.44. The summed E-state index contributed by atoms with van der Waals surface area (Å²) in [6.07, 6.45) is 2.55. The number of nitriles is 1. The van der Waals surface area contributed by atoms with Gasteiger partial charge in [0.25, 0.3) is 0 Å². The van der Waals surface area contributed by atoms with Crippen molar-refractivity contribution >= 4 is 21.7 Å². The molecule has 20 heavy (non-hydrogen) atoms. The van der Waals surface area contributed by atoms with E-state index < -0.39 is 0 Å². The molecule has 0 amide bonds. The second kappa shape index (κ2) is 5.59. The number of nitrogens with zero attached hydrogens (tertiary/aromatic N) is 4. The van der Waals surface area contributed by atoms with E-state index >= 15 is 0 Å². The first-order valence-electron chi connectivity index (χ1n) is 6.47. The Morgan fingerprint density at radius 1 is 1.35 bits per heavy atom. The first-order valence-corrected chi connectivity index (χ1v) is 7.27. The van der Waals surface area contributed by atoms with Crippen LogP contribution in [-0.4, -0.2) is 23.3 Å². The molecule has 0 radical (unpaired) electrons. The Morgan fingerprint density at radius 2 is 2.15 bits per heavy atom. The minimum absolute atomic E-state index is 0.559. The van der Waals surface area contributed by atoms with Crippen molar-refractivity contribution in [3.63, 3.8) is 0 Å². The number of anilines is 1. The normalized spacial score (nSPS) is 14.7. The van der Waals surface area contributed by atoms with Gasteiger partial charge in [-0.1, -0.05) is 34.1 Å². The lowest BCUT2D eigenvalue weighted by molar-refractivity contribution is 0.403. The zero-order chi connectivity index (χ0) is 13.9. The zero-order valence-electron chi connectivity index (χ0n) is 10.8. The van der Waals surface area contributed by atoms with Crippen molar-refractivity contribution in [2.24, 2.45) is 5.92 Å². The summed E-state index contributed by atoms with van der Waals surface area (Å²) in [7, 11) is 0. The Labute approximate surface area is 126 Å². The standard InChI is InChI=1S/C15H13BrN4/c16-14-4-2-1-3-13(14)5-12-9-20(10-12)15-6-11(7-17)8-18-19-15/h1-4,6,8,12H,5,9-10H2. The van der Waals surface area contributed by atoms with Crippen LogP contribution in [-0.2, 0) is 6.42 Å². The van der Waals surface area contributed by atoms with Crippen molar-refractivity contribution in [2.75, 3.05) is 18.0 Å². The molecule has 2 aromatic rings. The Kier molecular flexibility index (Phi) is 3.66. The molecule has 0 saturated carbocycles. The number of halogens is 1. The number of rotatable bonds is 3. The molecule has 1 aromatic carbocycles. The van der Waals surface area contributed by atoms with Crippen LogP contribution in [0.25, 0.3) is 0 Å². The minimum atomic E-state index is 0.559. The van der Waals surface area contributed by atoms with Gasteiger partial charge < -0.3 is 4.90 Å². The number of hydrogen-bond acceptors (Lipinski definition) is 4. The van der Waals surface area contributed by atoms with Gasteiger partial charge >= 0.3 is 0 Å². The third-order valence-corrected chi connectivity index (χ3v) is 4.29. The fraction of sp³-hybridized carbons (Fsp3) is 0.267. The van der Waals surface area contributed by atoms with E-state index in [-0.39, 0.29) is 0 Å². The van der Waals surface area contributed by atoms with Crippen LogP contribution in [0, 0.1) is 17.2 Å². The molecule has 1 fully saturated rings. The van der Waals surface area contributed by atoms with E-state index in [0.717, 1.165) is 25.3 Å². The first-order chi connectivity index (χ1) is 9.76. The summed E-state index contributed by atoms with van der Waals surface area (Å²) in [5.74, 6) is 1.42. The Morgan fingerprint density at radius 3 is 2.90 bits per heavy atom. The van der Waals surface area contributed by atoms with Gasteiger partial charge in [0.2, 0.25) is 0 Å². The van der Waals surface area contributed by atoms with Crippen LogP contribution >= 0.6 is 15.9 Å². The summed E-state index contributed by atoms with van der Waals surface area (Å²) < 4.78 is 1.17. The lowest BCUT2D eigenvalue weighted by Gasteiger charge is -2.40. The fourth-order valence-corrected chi connectivity index (χ4v) is 2.88. The third kappa shape index (κ3) is 2.66. The highest BCUT2D eigenvalue weighted by atomic mass is 79.9. The predicted molar refractivity (Wildman–Crippen MR) is 80.3 cm³/mol. The van der Waals surface area contributed by atoms with Crippen molar-refractivity contribution in [2.45, 2.75) is 6.42 Å². The van der Waals surface area contributed by atoms with E-state index in [1.54, 1.807) is 6.07 Å². The molecule has 0 N–H and O–H groups in total. The first kappa shape index (κ1) is 13.1. The van der Waals surface area contributed by atoms with Crippen LogP contribution in [0.5, 0.6) is 0 Å². The highest BCUT2D eigenvalue weighted by molar-refractivity contribution is 9.10. The molecule has 100 valence electrons. The van der Waals surface area contributed by atoms with Crippen molar-refractivity contribution in [3.8, 4) is 6.07 Å². The van der Waals surface area contributed by atoms with Gasteiger partial charge in [0.05, 0.1) is 11.8 Å². The van der Waals surface area contributed by atoms with Gasteiger partial charge in [-0.15, -0.1) is 5.10 Å². The van der Waals surface area contributed by atoms with Gasteiger partial charge in [0.15, 0.2) is 5.82 Å². The number of benzene rings is 1. The van der Waals surface area contributed by atoms with Gasteiger partial charge in [-0.3, -0.25) is 0 Å². The van der Waals surface area contributed by atoms with Crippen LogP contribution in [0.2, 0.25) is 0 Å². The minimum Gasteiger partial charge on any atom is -0.354 e. The van der Waals surface area contributed by atoms with Gasteiger partial charge in [-0.05, 0) is 24.0 Å². The lowest BCUT2D eigenvalue weighted by atomic mass is 9.92. The van der Waals surface area contributed by atoms with Crippen LogP contribution in [0.3, 0.4) is 0 Å². The Hall–Kier alpha value is -1.93. The highest BCUT2D eigenvalue weighted by Gasteiger charge is 2.28. The smallest absolute Gasteiger partial charge is 0.152 e. The van der Waals surface area contributed by atoms with Crippen LogP contribution < -0.4 is 4.90 Å². The maximum absolute atomic E-state index is 8.87. The zero-order valence-corrected chi connectivity index (χ0v) is 12.4. The molecule has 5 heteroatoms. The van der Waals surface area contributed by atoms with E-state index in [2.05, 4.69) is 55.3 Å². The molecule has 1 aliphatic heterocycles. The third-order valence-electron chi connectivity index (χ3n) is 3.52. The fourth-order valence-electron chi connectivity index (χ4n) is 2.43. The van der Waals surface area contributed by atoms with Gasteiger partial charge in [-0.2, -0.15) is 10.4 Å². The van der Waals surface area contributed by atoms with E-state index in [1.807, 2.05) is 6.07 Å². The molecular formula is C15H13BrN4. The topological polar surface area (TPSA) is 52.8 Å². The van der Waals surface area contributed by atoms with E-state index in [4.69, 9.17) is 5.26 Å². The van der Waals surface area contributed by atoms with Gasteiger partial charge in [0.1, 0.15) is 6.07 Å². The number of hydrogen-bond donors (Lipinski definition) is 0. The Bertz CT molecular complexity index is 659. The molecule has 0 atom stereocenters. The summed E-state index contributed by atoms with van der Waals surface area (Å²) >= 11 is 3.58. The second-order valence-electron chi connectivity index (χ2n) is 4.98. The molecule has 0 aliphatic carbocycles. The average molecular weight is 329 g/mol. The van der Waals surface area contributed by atoms with Gasteiger partial charge in [0, 0.05) is 23.6 Å². The molecule has 0 bridgehead atoms. The summed E-state index contributed by atoms with van der Waals surface area (Å²) in [6.45, 7) is 1.93. The molecule has 1 aromatic heterocycles. The van der Waals surface area contributed by atoms with Crippen molar-refractivity contribution in [1.82, 2.24) is 10.2 Å². The van der Waals surface area contributed by atoms with Crippen molar-refractivity contribution in [3.05, 3.63) is 52.1 Å². The SMILES string of the molecule is N#Cc1cnnc(N2CC(Cc3ccccc3Br)C2)c1. The van der Waals surface area contributed by atoms with Crippen LogP contribution in [0.4, 0.5) is 5.82 Å². The van der Waals surface area contributed by atoms with E-state index in [9.17, 15) is 0 Å². The molecule has 1 saturated heterocycles. The maximum Gasteiger partial charge on any atom is 0.152 e. The van der Waals surface area contributed by atoms with E-state index in [0.29, 0.717) is 11.5 Å². The number of aromatic nitrogens is 2. The summed E-state index contributed by atoms with van der Waals surface area (Å²) in [5.41, 5.74) is 1.90. The molecule has 0 unspecified atom stereocenters. The largest absolute Gasteiger partial charge is 0.354 e. The second-order valence-corrected chi connectivity index (χ2v) is 5.84. The predicted octanol–water partition coefficient (Wildman–Crippen LogP) is 2.79. The van der Waals surface area contributed by atoms with Crippen molar-refractivity contribution < 1.29 is 0 Å². The maximum atomic E-state index is 8.87. The van der Waals surface area contributed by atoms with E-state index in [1.165, 1.54) is 16.2 Å². The Balaban J connectivity index is 1.62. The molecule has 2 heterocycles. The summed E-state index contributed by atoms with van der Waals surface area (Å²) in [6, 6.07) is 12.2. The molecular weight excluding hydrogens is 316 g/mol. The molecule has 0 spiro atoms. The van der Waals surface area contributed by atoms with Gasteiger partial charge in [-0.25, -0.2) is 0 Å². The lowest BCUT2D eigenvalue weighted by Crippen LogP contribution is -2.48. The highest BCUT2D eigenvalue weighted by Crippen LogP contribution is 2.27. The van der Waals surface area contributed by atoms with Crippen molar-refractivity contribution in [1.29, 1.82) is 5.26 Å². The monoisotopic (exact) mass is 328 g/mol. The molecule has 3 rings (SSSR count). The molecule has 1 aliphatic rings. The van der Waals surface area contributed by atoms with Crippen LogP contribution in [0.15, 0.2) is 41.0 Å².